The van der Waals surface area contributed by atoms with Crippen LogP contribution in [0.15, 0.2) is 48.5 Å². The average molecular weight is 587 g/mol. The summed E-state index contributed by atoms with van der Waals surface area (Å²) in [4.78, 5) is 45.2. The highest BCUT2D eigenvalue weighted by Gasteiger charge is 2.46. The maximum Gasteiger partial charge on any atom is 0.416 e. The topological polar surface area (TPSA) is 73.4 Å². The van der Waals surface area contributed by atoms with Crippen molar-refractivity contribution >= 4 is 17.9 Å². The summed E-state index contributed by atoms with van der Waals surface area (Å²) in [5.41, 5.74) is 1.07. The average Bonchev–Trinajstić information content (AvgIpc) is 3.27. The number of piperidine rings is 2. The number of halogens is 3. The Morgan fingerprint density at radius 1 is 0.905 bits per heavy atom. The maximum absolute atomic E-state index is 13.0. The Balaban J connectivity index is 1.10. The van der Waals surface area contributed by atoms with E-state index in [4.69, 9.17) is 4.74 Å². The molecule has 0 atom stereocenters. The van der Waals surface area contributed by atoms with Crippen LogP contribution in [0.25, 0.3) is 0 Å². The van der Waals surface area contributed by atoms with Gasteiger partial charge < -0.3 is 14.5 Å². The number of alkyl halides is 3. The molecular formula is C31H37F3N4O4. The number of nitrogens with zero attached hydrogens (tertiary/aromatic N) is 4. The van der Waals surface area contributed by atoms with E-state index >= 15 is 0 Å². The van der Waals surface area contributed by atoms with Crippen LogP contribution in [0.3, 0.4) is 0 Å². The third-order valence-corrected chi connectivity index (χ3v) is 8.64. The number of carbonyl (C=O) groups excluding carboxylic acids is 3. The number of benzene rings is 2. The molecule has 11 heteroatoms. The zero-order valence-corrected chi connectivity index (χ0v) is 24.0. The van der Waals surface area contributed by atoms with Crippen molar-refractivity contribution in [1.82, 2.24) is 19.6 Å². The van der Waals surface area contributed by atoms with Gasteiger partial charge in [-0.2, -0.15) is 13.2 Å². The smallest absolute Gasteiger partial charge is 0.416 e. The quantitative estimate of drug-likeness (QED) is 0.494. The predicted molar refractivity (Wildman–Crippen MR) is 149 cm³/mol. The third kappa shape index (κ3) is 6.72. The lowest BCUT2D eigenvalue weighted by Gasteiger charge is -2.37. The van der Waals surface area contributed by atoms with Gasteiger partial charge in [0.1, 0.15) is 5.60 Å². The Bertz CT molecular complexity index is 1280. The van der Waals surface area contributed by atoms with Gasteiger partial charge in [0.25, 0.3) is 5.91 Å². The van der Waals surface area contributed by atoms with Gasteiger partial charge in [-0.3, -0.25) is 19.4 Å². The van der Waals surface area contributed by atoms with Crippen LogP contribution in [-0.4, -0.2) is 89.9 Å². The summed E-state index contributed by atoms with van der Waals surface area (Å²) >= 11 is 0. The fourth-order valence-corrected chi connectivity index (χ4v) is 6.10. The van der Waals surface area contributed by atoms with Crippen molar-refractivity contribution in [3.63, 3.8) is 0 Å². The van der Waals surface area contributed by atoms with Gasteiger partial charge in [0.05, 0.1) is 12.1 Å². The summed E-state index contributed by atoms with van der Waals surface area (Å²) < 4.78 is 44.4. The molecule has 0 aromatic heterocycles. The van der Waals surface area contributed by atoms with Crippen LogP contribution in [0, 0.1) is 5.92 Å². The van der Waals surface area contributed by atoms with Crippen molar-refractivity contribution in [2.45, 2.75) is 50.6 Å². The van der Waals surface area contributed by atoms with Crippen LogP contribution in [0.2, 0.25) is 0 Å². The van der Waals surface area contributed by atoms with E-state index in [1.165, 1.54) is 12.1 Å². The number of carbonyl (C=O) groups is 3. The highest BCUT2D eigenvalue weighted by molar-refractivity contribution is 5.94. The van der Waals surface area contributed by atoms with E-state index in [-0.39, 0.29) is 23.8 Å². The first-order valence-electron chi connectivity index (χ1n) is 14.4. The molecule has 42 heavy (non-hydrogen) atoms. The Labute approximate surface area is 244 Å². The Hall–Kier alpha value is -3.60. The molecule has 226 valence electrons. The molecule has 0 aliphatic carbocycles. The molecule has 0 radical (unpaired) electrons. The first kappa shape index (κ1) is 29.9. The first-order valence-corrected chi connectivity index (χ1v) is 14.4. The van der Waals surface area contributed by atoms with Crippen molar-refractivity contribution in [1.29, 1.82) is 0 Å². The molecule has 3 amide bonds. The van der Waals surface area contributed by atoms with E-state index in [1.54, 1.807) is 40.9 Å². The second-order valence-corrected chi connectivity index (χ2v) is 11.9. The monoisotopic (exact) mass is 586 g/mol. The van der Waals surface area contributed by atoms with Crippen molar-refractivity contribution in [2.24, 2.45) is 5.92 Å². The molecule has 3 fully saturated rings. The van der Waals surface area contributed by atoms with Crippen LogP contribution < -0.4 is 0 Å². The lowest BCUT2D eigenvalue weighted by atomic mass is 9.91. The molecule has 0 unspecified atom stereocenters. The lowest BCUT2D eigenvalue weighted by molar-refractivity contribution is -0.137. The third-order valence-electron chi connectivity index (χ3n) is 8.64. The second kappa shape index (κ2) is 11.9. The summed E-state index contributed by atoms with van der Waals surface area (Å²) in [6.45, 7) is 3.86. The highest BCUT2D eigenvalue weighted by Crippen LogP contribution is 2.35. The largest absolute Gasteiger partial charge is 0.441 e. The van der Waals surface area contributed by atoms with E-state index in [1.807, 2.05) is 12.1 Å². The molecule has 0 N–H and O–H groups in total. The van der Waals surface area contributed by atoms with E-state index in [0.717, 1.165) is 23.3 Å². The molecule has 3 saturated heterocycles. The van der Waals surface area contributed by atoms with Crippen LogP contribution in [0.1, 0.15) is 52.7 Å². The Morgan fingerprint density at radius 2 is 1.48 bits per heavy atom. The lowest BCUT2D eigenvalue weighted by Crippen LogP contribution is -2.46. The molecule has 8 nitrogen and oxygen atoms in total. The molecular weight excluding hydrogens is 549 g/mol. The summed E-state index contributed by atoms with van der Waals surface area (Å²) in [5, 5.41) is 0. The van der Waals surface area contributed by atoms with Crippen LogP contribution in [0.5, 0.6) is 0 Å². The van der Waals surface area contributed by atoms with Gasteiger partial charge in [0, 0.05) is 77.7 Å². The summed E-state index contributed by atoms with van der Waals surface area (Å²) in [6.07, 6.45) is -2.08. The van der Waals surface area contributed by atoms with Crippen LogP contribution in [-0.2, 0) is 28.8 Å². The van der Waals surface area contributed by atoms with Gasteiger partial charge in [-0.25, -0.2) is 4.79 Å². The Morgan fingerprint density at radius 3 is 2.05 bits per heavy atom. The van der Waals surface area contributed by atoms with Gasteiger partial charge in [-0.05, 0) is 48.2 Å². The number of ether oxygens (including phenoxy) is 1. The zero-order chi connectivity index (χ0) is 30.1. The van der Waals surface area contributed by atoms with Gasteiger partial charge in [-0.1, -0.05) is 24.3 Å². The van der Waals surface area contributed by atoms with Gasteiger partial charge in [0.15, 0.2) is 0 Å². The highest BCUT2D eigenvalue weighted by atomic mass is 19.4. The number of hydrogen-bond donors (Lipinski definition) is 0. The number of rotatable bonds is 6. The molecule has 3 aliphatic rings. The molecule has 3 aliphatic heterocycles. The Kier molecular flexibility index (Phi) is 8.50. The van der Waals surface area contributed by atoms with E-state index < -0.39 is 17.3 Å². The second-order valence-electron chi connectivity index (χ2n) is 11.9. The van der Waals surface area contributed by atoms with Crippen molar-refractivity contribution < 1.29 is 32.3 Å². The van der Waals surface area contributed by atoms with E-state index in [2.05, 4.69) is 4.90 Å². The van der Waals surface area contributed by atoms with E-state index in [0.29, 0.717) is 77.1 Å². The molecule has 5 rings (SSSR count). The number of amides is 3. The van der Waals surface area contributed by atoms with Crippen molar-refractivity contribution in [3.8, 4) is 0 Å². The summed E-state index contributed by atoms with van der Waals surface area (Å²) in [5.74, 6) is 0.0125. The molecule has 1 spiro atoms. The molecule has 0 saturated carbocycles. The molecule has 2 aromatic carbocycles. The normalized spacial score (nSPS) is 19.7. The summed E-state index contributed by atoms with van der Waals surface area (Å²) in [7, 11) is 3.50. The first-order chi connectivity index (χ1) is 19.9. The fraction of sp³-hybridized carbons (Fsp3) is 0.516. The number of likely N-dealkylation sites (tertiary alicyclic amines) is 2. The van der Waals surface area contributed by atoms with Gasteiger partial charge in [-0.15, -0.1) is 0 Å². The van der Waals surface area contributed by atoms with Gasteiger partial charge in [0.2, 0.25) is 5.91 Å². The van der Waals surface area contributed by atoms with Crippen LogP contribution in [0.4, 0.5) is 18.0 Å². The van der Waals surface area contributed by atoms with Crippen LogP contribution >= 0.6 is 0 Å². The predicted octanol–water partition coefficient (Wildman–Crippen LogP) is 4.63. The minimum atomic E-state index is -4.35. The fourth-order valence-electron chi connectivity index (χ4n) is 6.10. The zero-order valence-electron chi connectivity index (χ0n) is 24.0. The minimum absolute atomic E-state index is 0.0405. The molecule has 0 bridgehead atoms. The minimum Gasteiger partial charge on any atom is -0.441 e. The van der Waals surface area contributed by atoms with Crippen molar-refractivity contribution in [3.05, 3.63) is 70.8 Å². The number of hydrogen-bond acceptors (Lipinski definition) is 5. The van der Waals surface area contributed by atoms with E-state index in [9.17, 15) is 27.6 Å². The SMILES string of the molecule is CN(C)C(=O)C1CCN(C(=O)c2ccc(CN3CC4(CCN(Cc5ccc(C(F)(F)F)cc5)CC4)OC3=O)cc2)CC1. The standard InChI is InChI=1S/C31H37F3N4O4/c1-35(2)27(39)25-11-15-37(16-12-25)28(40)24-7-3-23(4-8-24)20-38-21-30(42-29(38)41)13-17-36(18-14-30)19-22-5-9-26(10-6-22)31(32,33)34/h3-10,25H,11-21H2,1-2H3. The molecule has 3 heterocycles. The van der Waals surface area contributed by atoms with Gasteiger partial charge >= 0.3 is 12.3 Å². The molecule has 2 aromatic rings. The maximum atomic E-state index is 13.0. The summed E-state index contributed by atoms with van der Waals surface area (Å²) in [6, 6.07) is 12.5. The van der Waals surface area contributed by atoms with Crippen molar-refractivity contribution in [2.75, 3.05) is 46.8 Å².